The molecule has 2 rings (SSSR count). The van der Waals surface area contributed by atoms with Crippen LogP contribution >= 0.6 is 18.9 Å². The van der Waals surface area contributed by atoms with E-state index in [9.17, 15) is 14.6 Å². The third-order valence-corrected chi connectivity index (χ3v) is 6.51. The molecule has 0 spiro atoms. The summed E-state index contributed by atoms with van der Waals surface area (Å²) in [6.07, 6.45) is 0. The van der Waals surface area contributed by atoms with E-state index >= 15 is 0 Å². The molecule has 1 aromatic carbocycles. The number of aromatic carboxylic acids is 1. The number of rotatable bonds is 7. The Kier molecular flexibility index (Phi) is 5.55. The lowest BCUT2D eigenvalue weighted by Crippen LogP contribution is -2.05. The largest absolute Gasteiger partial charge is 0.477 e. The van der Waals surface area contributed by atoms with Crippen LogP contribution in [0.4, 0.5) is 0 Å². The summed E-state index contributed by atoms with van der Waals surface area (Å²) in [6.45, 7) is 3.70. The Morgan fingerprint density at radius 2 is 2.00 bits per heavy atom. The summed E-state index contributed by atoms with van der Waals surface area (Å²) in [7, 11) is -3.62. The van der Waals surface area contributed by atoms with Gasteiger partial charge in [0.1, 0.15) is 4.88 Å². The third kappa shape index (κ3) is 3.62. The van der Waals surface area contributed by atoms with E-state index in [-0.39, 0.29) is 18.1 Å². The van der Waals surface area contributed by atoms with Crippen LogP contribution in [0.25, 0.3) is 10.1 Å². The number of carbonyl (C=O) groups is 1. The number of benzene rings is 1. The van der Waals surface area contributed by atoms with Crippen LogP contribution in [-0.2, 0) is 13.6 Å². The lowest BCUT2D eigenvalue weighted by Gasteiger charge is -2.21. The van der Waals surface area contributed by atoms with Crippen molar-refractivity contribution in [1.29, 1.82) is 5.26 Å². The van der Waals surface area contributed by atoms with E-state index < -0.39 is 19.2 Å². The fourth-order valence-corrected chi connectivity index (χ4v) is 4.85. The Labute approximate surface area is 137 Å². The number of fused-ring (bicyclic) bond motifs is 1. The lowest BCUT2D eigenvalue weighted by atomic mass is 10.1. The van der Waals surface area contributed by atoms with Gasteiger partial charge in [0.15, 0.2) is 5.66 Å². The summed E-state index contributed by atoms with van der Waals surface area (Å²) in [5, 5.41) is 19.2. The van der Waals surface area contributed by atoms with Crippen molar-refractivity contribution in [2.75, 3.05) is 13.2 Å². The fourth-order valence-electron chi connectivity index (χ4n) is 2.21. The molecule has 23 heavy (non-hydrogen) atoms. The average Bonchev–Trinajstić information content (AvgIpc) is 2.92. The second kappa shape index (κ2) is 7.24. The molecule has 8 heteroatoms. The van der Waals surface area contributed by atoms with Crippen LogP contribution in [-0.4, -0.2) is 24.3 Å². The van der Waals surface area contributed by atoms with E-state index in [1.54, 1.807) is 32.0 Å². The summed E-state index contributed by atoms with van der Waals surface area (Å²) in [5.41, 5.74) is -0.569. The van der Waals surface area contributed by atoms with Crippen LogP contribution in [0.2, 0.25) is 0 Å². The van der Waals surface area contributed by atoms with Gasteiger partial charge in [0, 0.05) is 4.70 Å². The number of nitrogens with zero attached hydrogens (tertiary/aromatic N) is 1. The van der Waals surface area contributed by atoms with Gasteiger partial charge in [-0.2, -0.15) is 5.26 Å². The van der Waals surface area contributed by atoms with Crippen LogP contribution in [0, 0.1) is 11.3 Å². The van der Waals surface area contributed by atoms with E-state index in [1.165, 1.54) is 6.07 Å². The standard InChI is InChI=1S/C15H16NO5PS/c1-3-20-22(19,21-4-2)12(9-16)10-5-6-13-11(7-10)8-14(23-13)15(17)18/h5-8,12H,3-4H2,1-2H3,(H,17,18). The minimum absolute atomic E-state index is 0.166. The van der Waals surface area contributed by atoms with E-state index in [4.69, 9.17) is 14.2 Å². The molecule has 0 aliphatic carbocycles. The Hall–Kier alpha value is -1.71. The van der Waals surface area contributed by atoms with Crippen molar-refractivity contribution in [3.05, 3.63) is 34.7 Å². The zero-order valence-electron chi connectivity index (χ0n) is 12.7. The summed E-state index contributed by atoms with van der Waals surface area (Å²) < 4.78 is 24.1. The summed E-state index contributed by atoms with van der Waals surface area (Å²) in [4.78, 5) is 11.3. The number of nitriles is 1. The van der Waals surface area contributed by atoms with Gasteiger partial charge in [-0.05, 0) is 43.0 Å². The Morgan fingerprint density at radius 3 is 2.52 bits per heavy atom. The van der Waals surface area contributed by atoms with Gasteiger partial charge < -0.3 is 14.2 Å². The molecule has 0 amide bonds. The van der Waals surface area contributed by atoms with Crippen molar-refractivity contribution in [2.24, 2.45) is 0 Å². The molecule has 0 radical (unpaired) electrons. The zero-order valence-corrected chi connectivity index (χ0v) is 14.4. The predicted octanol–water partition coefficient (Wildman–Crippen LogP) is 4.43. The minimum Gasteiger partial charge on any atom is -0.477 e. The molecule has 6 nitrogen and oxygen atoms in total. The molecule has 0 fully saturated rings. The average molecular weight is 353 g/mol. The number of hydrogen-bond donors (Lipinski definition) is 1. The highest BCUT2D eigenvalue weighted by Gasteiger charge is 2.37. The van der Waals surface area contributed by atoms with Gasteiger partial charge in [-0.1, -0.05) is 6.07 Å². The second-order valence-corrected chi connectivity index (χ2v) is 7.82. The monoisotopic (exact) mass is 353 g/mol. The molecule has 122 valence electrons. The van der Waals surface area contributed by atoms with E-state index in [0.29, 0.717) is 10.9 Å². The molecule has 1 unspecified atom stereocenters. The molecule has 0 saturated heterocycles. The predicted molar refractivity (Wildman–Crippen MR) is 88.0 cm³/mol. The molecule has 1 atom stereocenters. The van der Waals surface area contributed by atoms with Gasteiger partial charge in [0.2, 0.25) is 0 Å². The first-order chi connectivity index (χ1) is 10.9. The molecule has 0 aliphatic heterocycles. The number of carboxylic acids is 1. The van der Waals surface area contributed by atoms with Crippen molar-refractivity contribution in [2.45, 2.75) is 19.5 Å². The van der Waals surface area contributed by atoms with Crippen molar-refractivity contribution in [3.8, 4) is 6.07 Å². The van der Waals surface area contributed by atoms with Gasteiger partial charge in [-0.15, -0.1) is 11.3 Å². The first kappa shape index (κ1) is 17.6. The zero-order chi connectivity index (χ0) is 17.0. The van der Waals surface area contributed by atoms with Crippen molar-refractivity contribution < 1.29 is 23.5 Å². The first-order valence-electron chi connectivity index (χ1n) is 7.00. The van der Waals surface area contributed by atoms with Gasteiger partial charge >= 0.3 is 13.6 Å². The van der Waals surface area contributed by atoms with Crippen LogP contribution < -0.4 is 0 Å². The molecular formula is C15H16NO5PS. The number of hydrogen-bond acceptors (Lipinski definition) is 6. The van der Waals surface area contributed by atoms with Crippen molar-refractivity contribution in [1.82, 2.24) is 0 Å². The number of carboxylic acid groups (broad SMARTS) is 1. The minimum atomic E-state index is -3.62. The van der Waals surface area contributed by atoms with Gasteiger partial charge in [-0.3, -0.25) is 4.57 Å². The quantitative estimate of drug-likeness (QED) is 0.740. The maximum Gasteiger partial charge on any atom is 0.352 e. The molecule has 0 aliphatic rings. The van der Waals surface area contributed by atoms with Gasteiger partial charge in [0.25, 0.3) is 0 Å². The topological polar surface area (TPSA) is 96.6 Å². The smallest absolute Gasteiger partial charge is 0.352 e. The maximum absolute atomic E-state index is 12.8. The Balaban J connectivity index is 2.48. The van der Waals surface area contributed by atoms with E-state index in [0.717, 1.165) is 16.0 Å². The highest BCUT2D eigenvalue weighted by molar-refractivity contribution is 7.54. The summed E-state index contributed by atoms with van der Waals surface area (Å²) >= 11 is 1.15. The molecule has 0 bridgehead atoms. The maximum atomic E-state index is 12.8. The molecule has 0 saturated carbocycles. The number of thiophene rings is 1. The van der Waals surface area contributed by atoms with Crippen LogP contribution in [0.5, 0.6) is 0 Å². The second-order valence-electron chi connectivity index (χ2n) is 4.62. The normalized spacial score (nSPS) is 12.9. The van der Waals surface area contributed by atoms with Crippen LogP contribution in [0.15, 0.2) is 24.3 Å². The van der Waals surface area contributed by atoms with Crippen molar-refractivity contribution >= 4 is 35.0 Å². The Morgan fingerprint density at radius 1 is 1.35 bits per heavy atom. The highest BCUT2D eigenvalue weighted by atomic mass is 32.1. The van der Waals surface area contributed by atoms with Crippen LogP contribution in [0.3, 0.4) is 0 Å². The molecule has 2 aromatic rings. The highest BCUT2D eigenvalue weighted by Crippen LogP contribution is 2.60. The molecule has 1 N–H and O–H groups in total. The molecular weight excluding hydrogens is 337 g/mol. The van der Waals surface area contributed by atoms with E-state index in [1.807, 2.05) is 6.07 Å². The summed E-state index contributed by atoms with van der Waals surface area (Å²) in [5.74, 6) is -1.00. The van der Waals surface area contributed by atoms with Gasteiger partial charge in [0.05, 0.1) is 19.3 Å². The van der Waals surface area contributed by atoms with E-state index in [2.05, 4.69) is 0 Å². The fraction of sp³-hybridized carbons (Fsp3) is 0.333. The van der Waals surface area contributed by atoms with Gasteiger partial charge in [-0.25, -0.2) is 4.79 Å². The van der Waals surface area contributed by atoms with Crippen molar-refractivity contribution in [3.63, 3.8) is 0 Å². The summed E-state index contributed by atoms with van der Waals surface area (Å²) in [6, 6.07) is 8.57. The SMILES string of the molecule is CCOP(=O)(OCC)C(C#N)c1ccc2sc(C(=O)O)cc2c1. The lowest BCUT2D eigenvalue weighted by molar-refractivity contribution is 0.0702. The first-order valence-corrected chi connectivity index (χ1v) is 9.43. The third-order valence-electron chi connectivity index (χ3n) is 3.12. The molecule has 1 aromatic heterocycles. The van der Waals surface area contributed by atoms with Crippen LogP contribution in [0.1, 0.15) is 34.7 Å². The Bertz CT molecular complexity index is 800. The molecule has 1 heterocycles.